The predicted octanol–water partition coefficient (Wildman–Crippen LogP) is 7.66. The van der Waals surface area contributed by atoms with Gasteiger partial charge in [-0.25, -0.2) is 0 Å². The number of phenols is 1. The number of aromatic hydroxyl groups is 1. The lowest BCUT2D eigenvalue weighted by molar-refractivity contribution is -0.137. The van der Waals surface area contributed by atoms with Crippen molar-refractivity contribution >= 4 is 0 Å². The minimum Gasteiger partial charge on any atom is -0.508 e. The van der Waals surface area contributed by atoms with E-state index in [1.165, 1.54) is 17.7 Å². The molecular weight excluding hydrogens is 459 g/mol. The Morgan fingerprint density at radius 2 is 1.31 bits per heavy atom. The van der Waals surface area contributed by atoms with E-state index in [1.54, 1.807) is 6.07 Å². The average molecular weight is 488 g/mol. The molecular formula is C31H28F3NO. The van der Waals surface area contributed by atoms with Crippen LogP contribution in [0.3, 0.4) is 0 Å². The molecule has 5 rings (SSSR count). The second-order valence-electron chi connectivity index (χ2n) is 9.55. The van der Waals surface area contributed by atoms with Crippen molar-refractivity contribution < 1.29 is 18.3 Å². The molecule has 2 nitrogen and oxygen atoms in total. The number of piperidine rings is 1. The molecule has 1 heterocycles. The zero-order valence-corrected chi connectivity index (χ0v) is 19.9. The molecule has 0 radical (unpaired) electrons. The van der Waals surface area contributed by atoms with Crippen molar-refractivity contribution in [3.05, 3.63) is 125 Å². The van der Waals surface area contributed by atoms with Crippen LogP contribution >= 0.6 is 0 Å². The number of alkyl halides is 3. The number of rotatable bonds is 5. The molecule has 1 aliphatic rings. The molecule has 0 spiro atoms. The van der Waals surface area contributed by atoms with Crippen LogP contribution in [0.4, 0.5) is 13.2 Å². The van der Waals surface area contributed by atoms with Crippen molar-refractivity contribution in [2.75, 3.05) is 13.1 Å². The largest absolute Gasteiger partial charge is 0.508 e. The van der Waals surface area contributed by atoms with Crippen molar-refractivity contribution in [3.63, 3.8) is 0 Å². The van der Waals surface area contributed by atoms with Gasteiger partial charge in [0.25, 0.3) is 0 Å². The molecule has 0 atom stereocenters. The Labute approximate surface area is 209 Å². The van der Waals surface area contributed by atoms with Gasteiger partial charge in [0, 0.05) is 12.0 Å². The van der Waals surface area contributed by atoms with E-state index >= 15 is 0 Å². The van der Waals surface area contributed by atoms with Crippen LogP contribution in [-0.4, -0.2) is 23.1 Å². The Morgan fingerprint density at radius 3 is 1.89 bits per heavy atom. The molecule has 1 aliphatic heterocycles. The third kappa shape index (κ3) is 5.02. The van der Waals surface area contributed by atoms with Crippen LogP contribution in [0.5, 0.6) is 5.75 Å². The van der Waals surface area contributed by atoms with Gasteiger partial charge in [0.15, 0.2) is 0 Å². The molecule has 5 heteroatoms. The molecule has 4 aromatic carbocycles. The summed E-state index contributed by atoms with van der Waals surface area (Å²) in [6.45, 7) is 2.75. The number of phenolic OH excluding ortho intramolecular Hbond substituents is 1. The Balaban J connectivity index is 1.42. The smallest absolute Gasteiger partial charge is 0.416 e. The van der Waals surface area contributed by atoms with Gasteiger partial charge in [-0.1, -0.05) is 78.9 Å². The van der Waals surface area contributed by atoms with Crippen LogP contribution in [0.1, 0.15) is 35.1 Å². The highest BCUT2D eigenvalue weighted by Crippen LogP contribution is 2.43. The average Bonchev–Trinajstić information content (AvgIpc) is 2.90. The molecule has 0 saturated carbocycles. The summed E-state index contributed by atoms with van der Waals surface area (Å²) in [5.74, 6) is 0.250. The molecule has 4 aromatic rings. The number of benzene rings is 4. The first-order valence-electron chi connectivity index (χ1n) is 12.2. The molecule has 1 N–H and O–H groups in total. The highest BCUT2D eigenvalue weighted by Gasteiger charge is 2.38. The molecule has 0 aromatic heterocycles. The Kier molecular flexibility index (Phi) is 6.59. The van der Waals surface area contributed by atoms with Crippen molar-refractivity contribution in [3.8, 4) is 16.9 Å². The lowest BCUT2D eigenvalue weighted by atomic mass is 9.68. The van der Waals surface area contributed by atoms with E-state index < -0.39 is 11.7 Å². The number of hydrogen-bond acceptors (Lipinski definition) is 2. The minimum absolute atomic E-state index is 0.245. The van der Waals surface area contributed by atoms with Crippen LogP contribution in [0.2, 0.25) is 0 Å². The van der Waals surface area contributed by atoms with Crippen LogP contribution in [0, 0.1) is 0 Å². The maximum absolute atomic E-state index is 12.9. The molecule has 0 bridgehead atoms. The summed E-state index contributed by atoms with van der Waals surface area (Å²) < 4.78 is 38.8. The number of halogens is 3. The summed E-state index contributed by atoms with van der Waals surface area (Å²) in [4.78, 5) is 2.47. The topological polar surface area (TPSA) is 23.5 Å². The Morgan fingerprint density at radius 1 is 0.694 bits per heavy atom. The van der Waals surface area contributed by atoms with Crippen molar-refractivity contribution in [2.45, 2.75) is 31.0 Å². The maximum Gasteiger partial charge on any atom is 0.416 e. The fourth-order valence-electron chi connectivity index (χ4n) is 5.32. The maximum atomic E-state index is 12.9. The Bertz CT molecular complexity index is 1290. The van der Waals surface area contributed by atoms with Crippen molar-refractivity contribution in [1.82, 2.24) is 4.90 Å². The van der Waals surface area contributed by atoms with E-state index in [0.717, 1.165) is 66.9 Å². The van der Waals surface area contributed by atoms with Gasteiger partial charge in [-0.3, -0.25) is 4.90 Å². The number of nitrogens with zero attached hydrogens (tertiary/aromatic N) is 1. The third-order valence-electron chi connectivity index (χ3n) is 7.34. The van der Waals surface area contributed by atoms with E-state index in [2.05, 4.69) is 47.4 Å². The summed E-state index contributed by atoms with van der Waals surface area (Å²) in [7, 11) is 0. The van der Waals surface area contributed by atoms with E-state index in [1.807, 2.05) is 30.3 Å². The standard InChI is InChI=1S/C31H28F3NO/c32-31(33,34)27-15-11-25(12-16-27)24-9-13-26(14-10-24)30(28-7-4-8-29(36)21-28)17-19-35(20-18-30)22-23-5-2-1-3-6-23/h1-16,21,36H,17-20,22H2. The van der Waals surface area contributed by atoms with Crippen LogP contribution in [0.25, 0.3) is 11.1 Å². The highest BCUT2D eigenvalue weighted by molar-refractivity contribution is 5.64. The van der Waals surface area contributed by atoms with Crippen molar-refractivity contribution in [1.29, 1.82) is 0 Å². The van der Waals surface area contributed by atoms with E-state index in [-0.39, 0.29) is 11.2 Å². The molecule has 36 heavy (non-hydrogen) atoms. The van der Waals surface area contributed by atoms with Gasteiger partial charge in [0.2, 0.25) is 0 Å². The first-order valence-corrected chi connectivity index (χ1v) is 12.2. The SMILES string of the molecule is Oc1cccc(C2(c3ccc(-c4ccc(C(F)(F)F)cc4)cc3)CCN(Cc3ccccc3)CC2)c1. The fraction of sp³-hybridized carbons (Fsp3) is 0.226. The predicted molar refractivity (Wildman–Crippen MR) is 137 cm³/mol. The highest BCUT2D eigenvalue weighted by atomic mass is 19.4. The van der Waals surface area contributed by atoms with Gasteiger partial charge < -0.3 is 5.11 Å². The summed E-state index contributed by atoms with van der Waals surface area (Å²) in [6.07, 6.45) is -2.53. The number of likely N-dealkylation sites (tertiary alicyclic amines) is 1. The molecule has 0 amide bonds. The second kappa shape index (κ2) is 9.82. The molecule has 1 saturated heterocycles. The summed E-state index contributed by atoms with van der Waals surface area (Å²) in [5, 5.41) is 10.2. The fourth-order valence-corrected chi connectivity index (χ4v) is 5.32. The summed E-state index contributed by atoms with van der Waals surface area (Å²) in [5.41, 5.74) is 4.27. The van der Waals surface area contributed by atoms with Gasteiger partial charge in [0.1, 0.15) is 5.75 Å². The Hall–Kier alpha value is -3.57. The zero-order valence-electron chi connectivity index (χ0n) is 19.9. The summed E-state index contributed by atoms with van der Waals surface area (Å²) in [6, 6.07) is 31.4. The number of hydrogen-bond donors (Lipinski definition) is 1. The van der Waals surface area contributed by atoms with Crippen LogP contribution < -0.4 is 0 Å². The van der Waals surface area contributed by atoms with Gasteiger partial charge in [-0.2, -0.15) is 13.2 Å². The van der Waals surface area contributed by atoms with E-state index in [4.69, 9.17) is 0 Å². The summed E-state index contributed by atoms with van der Waals surface area (Å²) >= 11 is 0. The normalized spacial score (nSPS) is 16.1. The van der Waals surface area contributed by atoms with Crippen molar-refractivity contribution in [2.24, 2.45) is 0 Å². The molecule has 1 fully saturated rings. The van der Waals surface area contributed by atoms with Gasteiger partial charge in [-0.05, 0) is 78.0 Å². The minimum atomic E-state index is -4.34. The lowest BCUT2D eigenvalue weighted by Gasteiger charge is -2.43. The molecule has 0 unspecified atom stereocenters. The molecule has 0 aliphatic carbocycles. The third-order valence-corrected chi connectivity index (χ3v) is 7.34. The monoisotopic (exact) mass is 487 g/mol. The van der Waals surface area contributed by atoms with Gasteiger partial charge >= 0.3 is 6.18 Å². The lowest BCUT2D eigenvalue weighted by Crippen LogP contribution is -2.43. The second-order valence-corrected chi connectivity index (χ2v) is 9.55. The first-order chi connectivity index (χ1) is 17.3. The van der Waals surface area contributed by atoms with Gasteiger partial charge in [0.05, 0.1) is 5.56 Å². The molecule has 184 valence electrons. The van der Waals surface area contributed by atoms with E-state index in [0.29, 0.717) is 0 Å². The van der Waals surface area contributed by atoms with Crippen LogP contribution in [0.15, 0.2) is 103 Å². The quantitative estimate of drug-likeness (QED) is 0.312. The van der Waals surface area contributed by atoms with Gasteiger partial charge in [-0.15, -0.1) is 0 Å². The zero-order chi connectivity index (χ0) is 25.2. The van der Waals surface area contributed by atoms with E-state index in [9.17, 15) is 18.3 Å². The van der Waals surface area contributed by atoms with Crippen LogP contribution in [-0.2, 0) is 18.1 Å². The first kappa shape index (κ1) is 24.1.